The molecule has 2 aliphatic carbocycles. The highest BCUT2D eigenvalue weighted by Crippen LogP contribution is 2.17. The number of carbonyl (C=O) groups excluding carboxylic acids is 2. The Morgan fingerprint density at radius 2 is 1.25 bits per heavy atom. The van der Waals surface area contributed by atoms with E-state index in [2.05, 4.69) is 24.3 Å². The zero-order valence-corrected chi connectivity index (χ0v) is 12.1. The molecule has 0 bridgehead atoms. The van der Waals surface area contributed by atoms with Crippen LogP contribution in [0.5, 0.6) is 0 Å². The first-order valence-corrected chi connectivity index (χ1v) is 6.92. The molecule has 0 unspecified atom stereocenters. The molecule has 20 heavy (non-hydrogen) atoms. The molecule has 4 heteroatoms. The van der Waals surface area contributed by atoms with Gasteiger partial charge in [0.15, 0.2) is 0 Å². The second kappa shape index (κ2) is 9.13. The van der Waals surface area contributed by atoms with Crippen molar-refractivity contribution >= 4 is 11.9 Å². The highest BCUT2D eigenvalue weighted by molar-refractivity contribution is 5.67. The Morgan fingerprint density at radius 1 is 0.850 bits per heavy atom. The fraction of sp³-hybridized carbons (Fsp3) is 0.500. The normalized spacial score (nSPS) is 23.5. The number of ether oxygens (including phenoxy) is 2. The zero-order chi connectivity index (χ0) is 14.8. The summed E-state index contributed by atoms with van der Waals surface area (Å²) in [5, 5.41) is 0. The van der Waals surface area contributed by atoms with E-state index in [-0.39, 0.29) is 24.1 Å². The Morgan fingerprint density at radius 3 is 1.45 bits per heavy atom. The maximum absolute atomic E-state index is 10.6. The maximum Gasteiger partial charge on any atom is 0.303 e. The van der Waals surface area contributed by atoms with Gasteiger partial charge in [0, 0.05) is 13.8 Å². The largest absolute Gasteiger partial charge is 0.458 e. The molecule has 0 aromatic heterocycles. The van der Waals surface area contributed by atoms with Gasteiger partial charge in [-0.3, -0.25) is 9.59 Å². The van der Waals surface area contributed by atoms with Crippen LogP contribution in [0, 0.1) is 0 Å². The Hall–Kier alpha value is -1.84. The molecule has 0 aliphatic heterocycles. The molecular weight excluding hydrogens is 256 g/mol. The summed E-state index contributed by atoms with van der Waals surface area (Å²) in [7, 11) is 0. The van der Waals surface area contributed by atoms with Crippen LogP contribution in [0.25, 0.3) is 0 Å². The average Bonchev–Trinajstić information content (AvgIpc) is 2.42. The van der Waals surface area contributed by atoms with Gasteiger partial charge in [0.1, 0.15) is 12.2 Å². The van der Waals surface area contributed by atoms with Crippen molar-refractivity contribution in [2.75, 3.05) is 0 Å². The van der Waals surface area contributed by atoms with Gasteiger partial charge in [0.2, 0.25) is 0 Å². The van der Waals surface area contributed by atoms with E-state index in [1.807, 2.05) is 0 Å². The van der Waals surface area contributed by atoms with E-state index in [0.29, 0.717) is 12.8 Å². The summed E-state index contributed by atoms with van der Waals surface area (Å²) >= 11 is 0. The van der Waals surface area contributed by atoms with Gasteiger partial charge >= 0.3 is 11.9 Å². The fourth-order valence-corrected chi connectivity index (χ4v) is 1.93. The van der Waals surface area contributed by atoms with Crippen LogP contribution in [0.4, 0.5) is 0 Å². The number of rotatable bonds is 2. The van der Waals surface area contributed by atoms with E-state index < -0.39 is 0 Å². The van der Waals surface area contributed by atoms with Gasteiger partial charge in [-0.1, -0.05) is 24.3 Å². The predicted octanol–water partition coefficient (Wildman–Crippen LogP) is 3.09. The van der Waals surface area contributed by atoms with Gasteiger partial charge in [0.05, 0.1) is 0 Å². The molecule has 4 nitrogen and oxygen atoms in total. The number of hydrogen-bond acceptors (Lipinski definition) is 4. The summed E-state index contributed by atoms with van der Waals surface area (Å²) in [6.07, 6.45) is 15.6. The first-order valence-electron chi connectivity index (χ1n) is 6.92. The monoisotopic (exact) mass is 278 g/mol. The van der Waals surface area contributed by atoms with E-state index >= 15 is 0 Å². The lowest BCUT2D eigenvalue weighted by Crippen LogP contribution is -2.24. The SMILES string of the molecule is C1=CCCC=C1.CC(=O)O[C@@H]1C=C[C@H](OC(C)=O)CC1. The predicted molar refractivity (Wildman–Crippen MR) is 77.0 cm³/mol. The lowest BCUT2D eigenvalue weighted by molar-refractivity contribution is -0.148. The van der Waals surface area contributed by atoms with Crippen molar-refractivity contribution < 1.29 is 19.1 Å². The van der Waals surface area contributed by atoms with Crippen LogP contribution in [0.15, 0.2) is 36.5 Å². The molecule has 0 aromatic rings. The number of hydrogen-bond donors (Lipinski definition) is 0. The van der Waals surface area contributed by atoms with E-state index in [4.69, 9.17) is 9.47 Å². The molecule has 2 aliphatic rings. The van der Waals surface area contributed by atoms with Crippen molar-refractivity contribution in [1.82, 2.24) is 0 Å². The molecule has 0 fully saturated rings. The van der Waals surface area contributed by atoms with Crippen LogP contribution in [0.1, 0.15) is 39.5 Å². The van der Waals surface area contributed by atoms with Crippen LogP contribution in [0.3, 0.4) is 0 Å². The minimum atomic E-state index is -0.286. The van der Waals surface area contributed by atoms with Crippen molar-refractivity contribution in [2.24, 2.45) is 0 Å². The molecule has 0 N–H and O–H groups in total. The lowest BCUT2D eigenvalue weighted by atomic mass is 10.0. The van der Waals surface area contributed by atoms with E-state index in [1.54, 1.807) is 12.2 Å². The molecule has 2 atom stereocenters. The summed E-state index contributed by atoms with van der Waals surface area (Å²) < 4.78 is 9.96. The first-order chi connectivity index (χ1) is 9.58. The number of esters is 2. The van der Waals surface area contributed by atoms with Gasteiger partial charge in [-0.15, -0.1) is 0 Å². The Kier molecular flexibility index (Phi) is 7.40. The van der Waals surface area contributed by atoms with Crippen LogP contribution in [-0.2, 0) is 19.1 Å². The van der Waals surface area contributed by atoms with Gasteiger partial charge < -0.3 is 9.47 Å². The quantitative estimate of drug-likeness (QED) is 0.575. The maximum atomic E-state index is 10.6. The zero-order valence-electron chi connectivity index (χ0n) is 12.1. The highest BCUT2D eigenvalue weighted by atomic mass is 16.5. The molecule has 0 radical (unpaired) electrons. The molecule has 0 saturated heterocycles. The third-order valence-corrected chi connectivity index (χ3v) is 2.79. The minimum absolute atomic E-state index is 0.167. The Bertz CT molecular complexity index is 369. The molecule has 0 heterocycles. The summed E-state index contributed by atoms with van der Waals surface area (Å²) in [6, 6.07) is 0. The van der Waals surface area contributed by atoms with Crippen LogP contribution in [0.2, 0.25) is 0 Å². The van der Waals surface area contributed by atoms with Crippen LogP contribution in [-0.4, -0.2) is 24.1 Å². The molecule has 110 valence electrons. The van der Waals surface area contributed by atoms with Gasteiger partial charge in [-0.25, -0.2) is 0 Å². The molecule has 0 spiro atoms. The summed E-state index contributed by atoms with van der Waals surface area (Å²) in [4.78, 5) is 21.3. The third-order valence-electron chi connectivity index (χ3n) is 2.79. The topological polar surface area (TPSA) is 52.6 Å². The molecular formula is C16H22O4. The fourth-order valence-electron chi connectivity index (χ4n) is 1.93. The van der Waals surface area contributed by atoms with E-state index in [1.165, 1.54) is 26.7 Å². The second-order valence-electron chi connectivity index (χ2n) is 4.69. The number of allylic oxidation sites excluding steroid dienone is 4. The van der Waals surface area contributed by atoms with Crippen LogP contribution < -0.4 is 0 Å². The van der Waals surface area contributed by atoms with Crippen molar-refractivity contribution in [1.29, 1.82) is 0 Å². The Labute approximate surface area is 120 Å². The number of carbonyl (C=O) groups is 2. The molecule has 0 amide bonds. The van der Waals surface area contributed by atoms with Crippen LogP contribution >= 0.6 is 0 Å². The van der Waals surface area contributed by atoms with Crippen molar-refractivity contribution in [2.45, 2.75) is 51.7 Å². The summed E-state index contributed by atoms with van der Waals surface area (Å²) in [5.41, 5.74) is 0. The smallest absolute Gasteiger partial charge is 0.303 e. The first kappa shape index (κ1) is 16.2. The summed E-state index contributed by atoms with van der Waals surface area (Å²) in [6.45, 7) is 2.76. The lowest BCUT2D eigenvalue weighted by Gasteiger charge is -2.22. The van der Waals surface area contributed by atoms with Crippen molar-refractivity contribution in [3.63, 3.8) is 0 Å². The summed E-state index contributed by atoms with van der Waals surface area (Å²) in [5.74, 6) is -0.573. The van der Waals surface area contributed by atoms with Gasteiger partial charge in [-0.2, -0.15) is 0 Å². The standard InChI is InChI=1S/C10H14O4.C6H8/c1-7(11)13-9-3-5-10(6-4-9)14-8(2)12;1-2-4-6-5-3-1/h3,5,9-10H,4,6H2,1-2H3;1-4H,5-6H2/t9-,10+;. The second-order valence-corrected chi connectivity index (χ2v) is 4.69. The molecule has 2 rings (SSSR count). The molecule has 0 aromatic carbocycles. The van der Waals surface area contributed by atoms with E-state index in [0.717, 1.165) is 0 Å². The van der Waals surface area contributed by atoms with E-state index in [9.17, 15) is 9.59 Å². The van der Waals surface area contributed by atoms with Gasteiger partial charge in [-0.05, 0) is 37.8 Å². The van der Waals surface area contributed by atoms with Gasteiger partial charge in [0.25, 0.3) is 0 Å². The van der Waals surface area contributed by atoms with Crippen molar-refractivity contribution in [3.8, 4) is 0 Å². The average molecular weight is 278 g/mol. The molecule has 0 saturated carbocycles. The third kappa shape index (κ3) is 7.56. The Balaban J connectivity index is 0.000000276. The van der Waals surface area contributed by atoms with Crippen molar-refractivity contribution in [3.05, 3.63) is 36.5 Å². The minimum Gasteiger partial charge on any atom is -0.458 e. The highest BCUT2D eigenvalue weighted by Gasteiger charge is 2.19.